The first-order valence-electron chi connectivity index (χ1n) is 14.7. The summed E-state index contributed by atoms with van der Waals surface area (Å²) in [5.41, 5.74) is 2.09. The lowest BCUT2D eigenvalue weighted by molar-refractivity contribution is -0.143. The summed E-state index contributed by atoms with van der Waals surface area (Å²) >= 11 is 0. The molecule has 1 unspecified atom stereocenters. The van der Waals surface area contributed by atoms with E-state index in [1.54, 1.807) is 25.9 Å². The Morgan fingerprint density at radius 1 is 1.20 bits per heavy atom. The summed E-state index contributed by atoms with van der Waals surface area (Å²) in [4.78, 5) is 18.8. The third kappa shape index (κ3) is 7.27. The molecule has 0 aliphatic carbocycles. The summed E-state index contributed by atoms with van der Waals surface area (Å²) in [6.07, 6.45) is 6.58. The maximum Gasteiger partial charge on any atom is 0.325 e. The highest BCUT2D eigenvalue weighted by Crippen LogP contribution is 2.40. The van der Waals surface area contributed by atoms with Crippen LogP contribution in [0.5, 0.6) is 11.5 Å². The largest absolute Gasteiger partial charge is 0.496 e. The third-order valence-electron chi connectivity index (χ3n) is 8.08. The van der Waals surface area contributed by atoms with Crippen LogP contribution < -0.4 is 14.8 Å². The van der Waals surface area contributed by atoms with Gasteiger partial charge in [0.15, 0.2) is 11.6 Å². The molecule has 10 heteroatoms. The number of halogens is 2. The Hall–Kier alpha value is -2.98. The average molecular weight is 576 g/mol. The molecule has 0 spiro atoms. The maximum absolute atomic E-state index is 15.5. The van der Waals surface area contributed by atoms with Crippen molar-refractivity contribution in [2.45, 2.75) is 70.8 Å². The fourth-order valence-electron chi connectivity index (χ4n) is 5.92. The predicted molar refractivity (Wildman–Crippen MR) is 153 cm³/mol. The van der Waals surface area contributed by atoms with Crippen LogP contribution in [0.15, 0.2) is 12.1 Å². The number of rotatable bonds is 14. The van der Waals surface area contributed by atoms with Crippen LogP contribution in [0.3, 0.4) is 0 Å². The zero-order valence-electron chi connectivity index (χ0n) is 24.6. The minimum Gasteiger partial charge on any atom is -0.496 e. The fraction of sp³-hybridized carbons (Fsp3) is 0.613. The van der Waals surface area contributed by atoms with Gasteiger partial charge >= 0.3 is 5.97 Å². The van der Waals surface area contributed by atoms with Gasteiger partial charge in [0, 0.05) is 37.0 Å². The maximum atomic E-state index is 15.5. The Morgan fingerprint density at radius 2 is 2.00 bits per heavy atom. The number of methoxy groups -OCH3 is 2. The van der Waals surface area contributed by atoms with E-state index in [1.165, 1.54) is 7.11 Å². The van der Waals surface area contributed by atoms with Gasteiger partial charge in [0.05, 0.1) is 26.4 Å². The SMILES string of the molecule is COc1cc(CCCCCOC[C@@H]2CCN(C(C(=O)O)c3c(F)c(C(C)C)cc(F)c3OC)C2)nc2c1CCCN2. The molecule has 1 aromatic carbocycles. The number of aliphatic carboxylic acids is 1. The van der Waals surface area contributed by atoms with Crippen molar-refractivity contribution in [3.63, 3.8) is 0 Å². The van der Waals surface area contributed by atoms with Crippen molar-refractivity contribution in [3.05, 3.63) is 46.2 Å². The first-order valence-corrected chi connectivity index (χ1v) is 14.7. The molecule has 41 heavy (non-hydrogen) atoms. The number of likely N-dealkylation sites (tertiary alicyclic amines) is 1. The first-order chi connectivity index (χ1) is 19.7. The summed E-state index contributed by atoms with van der Waals surface area (Å²) in [6.45, 7) is 6.41. The van der Waals surface area contributed by atoms with Crippen molar-refractivity contribution in [2.75, 3.05) is 52.4 Å². The van der Waals surface area contributed by atoms with Gasteiger partial charge in [0.25, 0.3) is 0 Å². The van der Waals surface area contributed by atoms with E-state index in [0.29, 0.717) is 26.3 Å². The van der Waals surface area contributed by atoms with Gasteiger partial charge in [-0.05, 0) is 68.5 Å². The van der Waals surface area contributed by atoms with Crippen LogP contribution in [0.1, 0.15) is 80.3 Å². The van der Waals surface area contributed by atoms with Crippen LogP contribution in [0.25, 0.3) is 0 Å². The van der Waals surface area contributed by atoms with Crippen molar-refractivity contribution in [2.24, 2.45) is 5.92 Å². The Labute approximate surface area is 241 Å². The fourth-order valence-corrected chi connectivity index (χ4v) is 5.92. The number of aromatic nitrogens is 1. The molecule has 4 rings (SSSR count). The predicted octanol–water partition coefficient (Wildman–Crippen LogP) is 5.74. The molecular weight excluding hydrogens is 532 g/mol. The van der Waals surface area contributed by atoms with E-state index < -0.39 is 23.6 Å². The summed E-state index contributed by atoms with van der Waals surface area (Å²) in [5.74, 6) is -1.38. The molecule has 2 atom stereocenters. The number of fused-ring (bicyclic) bond motifs is 1. The molecule has 2 aromatic rings. The number of anilines is 1. The lowest BCUT2D eigenvalue weighted by Crippen LogP contribution is -2.34. The average Bonchev–Trinajstić information content (AvgIpc) is 3.41. The number of hydrogen-bond donors (Lipinski definition) is 2. The van der Waals surface area contributed by atoms with Crippen LogP contribution >= 0.6 is 0 Å². The highest BCUT2D eigenvalue weighted by molar-refractivity contribution is 5.77. The third-order valence-corrected chi connectivity index (χ3v) is 8.08. The number of hydrogen-bond acceptors (Lipinski definition) is 7. The molecule has 1 saturated heterocycles. The van der Waals surface area contributed by atoms with Gasteiger partial charge in [-0.25, -0.2) is 13.8 Å². The second-order valence-corrected chi connectivity index (χ2v) is 11.3. The van der Waals surface area contributed by atoms with Crippen molar-refractivity contribution < 1.29 is 32.9 Å². The quantitative estimate of drug-likeness (QED) is 0.276. The zero-order chi connectivity index (χ0) is 29.5. The zero-order valence-corrected chi connectivity index (χ0v) is 24.6. The number of unbranched alkanes of at least 4 members (excludes halogenated alkanes) is 2. The minimum absolute atomic E-state index is 0.115. The van der Waals surface area contributed by atoms with E-state index in [2.05, 4.69) is 5.32 Å². The lowest BCUT2D eigenvalue weighted by Gasteiger charge is -2.27. The molecule has 0 saturated carbocycles. The number of benzene rings is 1. The molecule has 1 fully saturated rings. The van der Waals surface area contributed by atoms with Gasteiger partial charge in [-0.3, -0.25) is 9.69 Å². The number of nitrogens with one attached hydrogen (secondary N) is 1. The Bertz CT molecular complexity index is 1190. The smallest absolute Gasteiger partial charge is 0.325 e. The minimum atomic E-state index is -1.34. The molecule has 0 amide bonds. The number of carboxylic acid groups (broad SMARTS) is 1. The summed E-state index contributed by atoms with van der Waals surface area (Å²) in [5, 5.41) is 13.4. The van der Waals surface area contributed by atoms with Crippen LogP contribution in [0.4, 0.5) is 14.6 Å². The summed E-state index contributed by atoms with van der Waals surface area (Å²) in [7, 11) is 2.93. The van der Waals surface area contributed by atoms with E-state index in [9.17, 15) is 14.3 Å². The standard InChI is InChI=1S/C31H43F2N3O5/c1-19(2)23-16-24(32)29(40-4)26(27(23)33)28(31(37)38)36-13-11-20(17-36)18-41-14-7-5-6-9-21-15-25(39-3)22-10-8-12-34-30(22)35-21/h15-16,19-20,28H,5-14,17-18H2,1-4H3,(H,34,35)(H,37,38)/t20-,28?/m1/s1. The monoisotopic (exact) mass is 575 g/mol. The molecule has 0 radical (unpaired) electrons. The second kappa shape index (κ2) is 14.3. The topological polar surface area (TPSA) is 93.2 Å². The van der Waals surface area contributed by atoms with Crippen molar-refractivity contribution in [1.29, 1.82) is 0 Å². The Balaban J connectivity index is 1.25. The Morgan fingerprint density at radius 3 is 2.71 bits per heavy atom. The first kappa shape index (κ1) is 31.0. The molecule has 3 heterocycles. The molecule has 0 bridgehead atoms. The number of carboxylic acids is 1. The Kier molecular flexibility index (Phi) is 10.8. The lowest BCUT2D eigenvalue weighted by atomic mass is 9.94. The van der Waals surface area contributed by atoms with E-state index >= 15 is 4.39 Å². The number of carbonyl (C=O) groups is 1. The number of pyridine rings is 1. The molecule has 1 aromatic heterocycles. The molecule has 8 nitrogen and oxygen atoms in total. The van der Waals surface area contributed by atoms with Crippen LogP contribution in [-0.4, -0.2) is 68.0 Å². The number of nitrogens with zero attached hydrogens (tertiary/aromatic N) is 2. The van der Waals surface area contributed by atoms with E-state index in [0.717, 1.165) is 80.4 Å². The molecule has 2 N–H and O–H groups in total. The number of aryl methyl sites for hydroxylation is 1. The van der Waals surface area contributed by atoms with Gasteiger partial charge < -0.3 is 24.6 Å². The van der Waals surface area contributed by atoms with E-state index in [4.69, 9.17) is 19.2 Å². The van der Waals surface area contributed by atoms with Gasteiger partial charge in [-0.15, -0.1) is 0 Å². The highest BCUT2D eigenvalue weighted by atomic mass is 19.1. The van der Waals surface area contributed by atoms with Crippen LogP contribution in [-0.2, 0) is 22.4 Å². The van der Waals surface area contributed by atoms with Crippen LogP contribution in [0, 0.1) is 17.6 Å². The van der Waals surface area contributed by atoms with Crippen molar-refractivity contribution >= 4 is 11.8 Å². The normalized spacial score (nSPS) is 17.8. The van der Waals surface area contributed by atoms with Crippen molar-refractivity contribution in [3.8, 4) is 11.5 Å². The summed E-state index contributed by atoms with van der Waals surface area (Å²) < 4.78 is 47.0. The van der Waals surface area contributed by atoms with Gasteiger partial charge in [-0.1, -0.05) is 20.3 Å². The summed E-state index contributed by atoms with van der Waals surface area (Å²) in [6, 6.07) is 1.81. The van der Waals surface area contributed by atoms with Crippen molar-refractivity contribution in [1.82, 2.24) is 9.88 Å². The second-order valence-electron chi connectivity index (χ2n) is 11.3. The molecule has 2 aliphatic rings. The van der Waals surface area contributed by atoms with Crippen LogP contribution in [0.2, 0.25) is 0 Å². The number of ether oxygens (including phenoxy) is 3. The highest BCUT2D eigenvalue weighted by Gasteiger charge is 2.39. The van der Waals surface area contributed by atoms with E-state index in [1.807, 2.05) is 6.07 Å². The van der Waals surface area contributed by atoms with Gasteiger partial charge in [0.1, 0.15) is 23.4 Å². The molecule has 2 aliphatic heterocycles. The van der Waals surface area contributed by atoms with Gasteiger partial charge in [0.2, 0.25) is 0 Å². The molecular formula is C31H43F2N3O5. The van der Waals surface area contributed by atoms with Gasteiger partial charge in [-0.2, -0.15) is 0 Å². The van der Waals surface area contributed by atoms with E-state index in [-0.39, 0.29) is 28.7 Å². The molecule has 226 valence electrons.